The first-order valence-corrected chi connectivity index (χ1v) is 8.98. The Labute approximate surface area is 155 Å². The number of hydrogen-bond acceptors (Lipinski definition) is 3. The van der Waals surface area contributed by atoms with Gasteiger partial charge in [-0.1, -0.05) is 17.7 Å². The van der Waals surface area contributed by atoms with Crippen molar-refractivity contribution in [2.75, 3.05) is 24.7 Å². The molecule has 2 rings (SSSR count). The molecule has 7 heteroatoms. The van der Waals surface area contributed by atoms with Crippen LogP contribution in [0.15, 0.2) is 53.4 Å². The second-order valence-corrected chi connectivity index (χ2v) is 6.97. The Bertz CT molecular complexity index is 740. The fourth-order valence-corrected chi connectivity index (χ4v) is 3.02. The van der Waals surface area contributed by atoms with Crippen molar-refractivity contribution in [3.8, 4) is 0 Å². The van der Waals surface area contributed by atoms with Gasteiger partial charge in [0, 0.05) is 34.8 Å². The number of rotatable bonds is 7. The summed E-state index contributed by atoms with van der Waals surface area (Å²) in [6, 6.07) is 13.0. The Balaban J connectivity index is 1.73. The number of nitrogens with one attached hydrogen (secondary N) is 1. The van der Waals surface area contributed by atoms with Gasteiger partial charge < -0.3 is 10.2 Å². The lowest BCUT2D eigenvalue weighted by Crippen LogP contribution is -2.35. The van der Waals surface area contributed by atoms with E-state index in [0.717, 1.165) is 4.90 Å². The third-order valence-electron chi connectivity index (χ3n) is 3.31. The van der Waals surface area contributed by atoms with Gasteiger partial charge in [0.1, 0.15) is 5.82 Å². The molecule has 0 fully saturated rings. The van der Waals surface area contributed by atoms with Gasteiger partial charge in [0.15, 0.2) is 0 Å². The largest absolute Gasteiger partial charge is 0.336 e. The van der Waals surface area contributed by atoms with Crippen LogP contribution in [0.2, 0.25) is 5.02 Å². The molecule has 0 aliphatic rings. The van der Waals surface area contributed by atoms with E-state index in [1.165, 1.54) is 23.1 Å². The molecule has 132 valence electrons. The number of likely N-dealkylation sites (N-methyl/N-ethyl adjacent to an activating group) is 1. The summed E-state index contributed by atoms with van der Waals surface area (Å²) in [4.78, 5) is 26.4. The van der Waals surface area contributed by atoms with Crippen molar-refractivity contribution in [3.63, 3.8) is 0 Å². The number of carbonyl (C=O) groups excluding carboxylic acids is 2. The Morgan fingerprint density at radius 3 is 2.60 bits per heavy atom. The molecule has 2 aromatic rings. The second-order valence-electron chi connectivity index (χ2n) is 5.36. The molecule has 4 nitrogen and oxygen atoms in total. The van der Waals surface area contributed by atoms with Gasteiger partial charge in [0.25, 0.3) is 0 Å². The highest BCUT2D eigenvalue weighted by Gasteiger charge is 2.13. The van der Waals surface area contributed by atoms with Crippen LogP contribution in [0.1, 0.15) is 6.42 Å². The fraction of sp³-hybridized carbons (Fsp3) is 0.222. The van der Waals surface area contributed by atoms with Gasteiger partial charge in [-0.05, 0) is 42.5 Å². The highest BCUT2D eigenvalue weighted by atomic mass is 35.5. The van der Waals surface area contributed by atoms with E-state index in [2.05, 4.69) is 5.32 Å². The van der Waals surface area contributed by atoms with Gasteiger partial charge in [-0.15, -0.1) is 11.8 Å². The van der Waals surface area contributed by atoms with Crippen LogP contribution < -0.4 is 5.32 Å². The molecule has 0 aliphatic heterocycles. The van der Waals surface area contributed by atoms with Crippen LogP contribution in [0.3, 0.4) is 0 Å². The number of thioether (sulfide) groups is 1. The summed E-state index contributed by atoms with van der Waals surface area (Å²) in [5.41, 5.74) is 0.365. The summed E-state index contributed by atoms with van der Waals surface area (Å²) in [6.07, 6.45) is 0.317. The van der Waals surface area contributed by atoms with Crippen molar-refractivity contribution in [3.05, 3.63) is 59.4 Å². The Morgan fingerprint density at radius 2 is 1.92 bits per heavy atom. The number of carbonyl (C=O) groups is 2. The minimum absolute atomic E-state index is 0.0824. The third-order valence-corrected chi connectivity index (χ3v) is 4.58. The Kier molecular flexibility index (Phi) is 7.28. The molecule has 0 unspecified atom stereocenters. The smallest absolute Gasteiger partial charge is 0.243 e. The lowest BCUT2D eigenvalue weighted by molar-refractivity contribution is -0.132. The fourth-order valence-electron chi connectivity index (χ4n) is 2.05. The first-order valence-electron chi connectivity index (χ1n) is 7.62. The molecule has 25 heavy (non-hydrogen) atoms. The molecule has 0 heterocycles. The third kappa shape index (κ3) is 6.76. The van der Waals surface area contributed by atoms with E-state index in [-0.39, 0.29) is 18.4 Å². The highest BCUT2D eigenvalue weighted by Crippen LogP contribution is 2.21. The quantitative estimate of drug-likeness (QED) is 0.737. The van der Waals surface area contributed by atoms with Crippen LogP contribution in [-0.2, 0) is 9.59 Å². The summed E-state index contributed by atoms with van der Waals surface area (Å²) in [7, 11) is 1.57. The SMILES string of the molecule is CN(CC(=O)Nc1cccc(F)c1)C(=O)CCSc1ccc(Cl)cc1. The van der Waals surface area contributed by atoms with Gasteiger partial charge >= 0.3 is 0 Å². The van der Waals surface area contributed by atoms with Crippen molar-refractivity contribution >= 4 is 40.9 Å². The molecule has 0 spiro atoms. The summed E-state index contributed by atoms with van der Waals surface area (Å²) in [5.74, 6) is -0.319. The molecular weight excluding hydrogens is 363 g/mol. The first-order chi connectivity index (χ1) is 11.9. The maximum absolute atomic E-state index is 13.1. The minimum Gasteiger partial charge on any atom is -0.336 e. The van der Waals surface area contributed by atoms with Gasteiger partial charge in [-0.3, -0.25) is 9.59 Å². The summed E-state index contributed by atoms with van der Waals surface area (Å²) in [6.45, 7) is -0.0824. The lowest BCUT2D eigenvalue weighted by atomic mass is 10.3. The van der Waals surface area contributed by atoms with E-state index in [0.29, 0.717) is 22.9 Å². The number of hydrogen-bond donors (Lipinski definition) is 1. The topological polar surface area (TPSA) is 49.4 Å². The normalized spacial score (nSPS) is 10.4. The van der Waals surface area contributed by atoms with Crippen molar-refractivity contribution in [2.45, 2.75) is 11.3 Å². The second kappa shape index (κ2) is 9.44. The number of benzene rings is 2. The van der Waals surface area contributed by atoms with E-state index in [4.69, 9.17) is 11.6 Å². The lowest BCUT2D eigenvalue weighted by Gasteiger charge is -2.16. The molecule has 0 aliphatic carbocycles. The molecule has 1 N–H and O–H groups in total. The van der Waals surface area contributed by atoms with Crippen molar-refractivity contribution in [1.29, 1.82) is 0 Å². The zero-order valence-electron chi connectivity index (χ0n) is 13.7. The van der Waals surface area contributed by atoms with Crippen molar-refractivity contribution < 1.29 is 14.0 Å². The van der Waals surface area contributed by atoms with Gasteiger partial charge in [-0.25, -0.2) is 4.39 Å². The van der Waals surface area contributed by atoms with Gasteiger partial charge in [-0.2, -0.15) is 0 Å². The average Bonchev–Trinajstić information content (AvgIpc) is 2.56. The minimum atomic E-state index is -0.429. The maximum Gasteiger partial charge on any atom is 0.243 e. The predicted molar refractivity (Wildman–Crippen MR) is 99.5 cm³/mol. The predicted octanol–water partition coefficient (Wildman–Crippen LogP) is 4.06. The standard InChI is InChI=1S/C18H18ClFN2O2S/c1-22(12-17(23)21-15-4-2-3-14(20)11-15)18(24)9-10-25-16-7-5-13(19)6-8-16/h2-8,11H,9-10,12H2,1H3,(H,21,23). The van der Waals surface area contributed by atoms with Crippen molar-refractivity contribution in [1.82, 2.24) is 4.90 Å². The zero-order chi connectivity index (χ0) is 18.2. The zero-order valence-corrected chi connectivity index (χ0v) is 15.2. The molecule has 0 saturated heterocycles. The highest BCUT2D eigenvalue weighted by molar-refractivity contribution is 7.99. The summed E-state index contributed by atoms with van der Waals surface area (Å²) >= 11 is 7.37. The van der Waals surface area contributed by atoms with E-state index < -0.39 is 5.82 Å². The molecule has 2 amide bonds. The summed E-state index contributed by atoms with van der Waals surface area (Å²) < 4.78 is 13.1. The number of nitrogens with zero attached hydrogens (tertiary/aromatic N) is 1. The number of anilines is 1. The monoisotopic (exact) mass is 380 g/mol. The van der Waals surface area contributed by atoms with Crippen LogP contribution in [0.5, 0.6) is 0 Å². The van der Waals surface area contributed by atoms with E-state index in [1.54, 1.807) is 37.0 Å². The van der Waals surface area contributed by atoms with Crippen LogP contribution in [-0.4, -0.2) is 36.1 Å². The van der Waals surface area contributed by atoms with Crippen LogP contribution in [0.4, 0.5) is 10.1 Å². The van der Waals surface area contributed by atoms with Gasteiger partial charge in [0.2, 0.25) is 11.8 Å². The molecular formula is C18H18ClFN2O2S. The molecule has 2 aromatic carbocycles. The van der Waals surface area contributed by atoms with Crippen LogP contribution in [0, 0.1) is 5.82 Å². The molecule has 0 bridgehead atoms. The van der Waals surface area contributed by atoms with E-state index in [1.807, 2.05) is 12.1 Å². The molecule has 0 aromatic heterocycles. The van der Waals surface area contributed by atoms with Crippen molar-refractivity contribution in [2.24, 2.45) is 0 Å². The maximum atomic E-state index is 13.1. The summed E-state index contributed by atoms with van der Waals surface area (Å²) in [5, 5.41) is 3.24. The average molecular weight is 381 g/mol. The molecule has 0 radical (unpaired) electrons. The molecule has 0 saturated carbocycles. The number of halogens is 2. The Hall–Kier alpha value is -2.05. The van der Waals surface area contributed by atoms with Crippen LogP contribution in [0.25, 0.3) is 0 Å². The van der Waals surface area contributed by atoms with Gasteiger partial charge in [0.05, 0.1) is 6.54 Å². The van der Waals surface area contributed by atoms with E-state index in [9.17, 15) is 14.0 Å². The first kappa shape index (κ1) is 19.3. The van der Waals surface area contributed by atoms with E-state index >= 15 is 0 Å². The Morgan fingerprint density at radius 1 is 1.20 bits per heavy atom. The number of amides is 2. The van der Waals surface area contributed by atoms with Crippen LogP contribution >= 0.6 is 23.4 Å². The molecule has 0 atom stereocenters.